The summed E-state index contributed by atoms with van der Waals surface area (Å²) < 4.78 is 0. The van der Waals surface area contributed by atoms with Crippen LogP contribution in [0.4, 0.5) is 5.69 Å². The number of rotatable bonds is 4. The predicted octanol–water partition coefficient (Wildman–Crippen LogP) is 2.28. The molecule has 1 heterocycles. The van der Waals surface area contributed by atoms with E-state index >= 15 is 0 Å². The van der Waals surface area contributed by atoms with E-state index < -0.39 is 5.97 Å². The lowest BCUT2D eigenvalue weighted by atomic mass is 10.0. The van der Waals surface area contributed by atoms with Crippen LogP contribution in [0.2, 0.25) is 5.02 Å². The second-order valence-corrected chi connectivity index (χ2v) is 5.39. The van der Waals surface area contributed by atoms with E-state index in [0.717, 1.165) is 37.6 Å². The van der Waals surface area contributed by atoms with Gasteiger partial charge in [0.05, 0.1) is 0 Å². The molecule has 1 saturated heterocycles. The zero-order chi connectivity index (χ0) is 15.4. The van der Waals surface area contributed by atoms with Gasteiger partial charge in [-0.1, -0.05) is 17.7 Å². The van der Waals surface area contributed by atoms with E-state index in [0.29, 0.717) is 10.6 Å². The number of aliphatic carboxylic acids is 1. The highest BCUT2D eigenvalue weighted by molar-refractivity contribution is 6.32. The topological polar surface area (TPSA) is 83.6 Å². The number of hydrogen-bond acceptors (Lipinski definition) is 3. The summed E-state index contributed by atoms with van der Waals surface area (Å²) in [7, 11) is 0. The fourth-order valence-corrected chi connectivity index (χ4v) is 2.77. The van der Waals surface area contributed by atoms with E-state index in [2.05, 4.69) is 0 Å². The molecule has 2 rings (SSSR count). The van der Waals surface area contributed by atoms with Crippen LogP contribution in [0.3, 0.4) is 0 Å². The smallest absolute Gasteiger partial charge is 0.328 e. The molecule has 1 atom stereocenters. The van der Waals surface area contributed by atoms with Gasteiger partial charge in [0.15, 0.2) is 0 Å². The number of hydrogen-bond donors (Lipinski definition) is 2. The molecule has 1 aliphatic rings. The number of carboxylic acids is 1. The number of benzene rings is 1. The first-order chi connectivity index (χ1) is 9.99. The summed E-state index contributed by atoms with van der Waals surface area (Å²) in [5.74, 6) is -1.36. The van der Waals surface area contributed by atoms with Crippen LogP contribution in [0.15, 0.2) is 24.3 Å². The lowest BCUT2D eigenvalue weighted by Gasteiger charge is -2.35. The van der Waals surface area contributed by atoms with Crippen molar-refractivity contribution in [1.82, 2.24) is 0 Å². The Hall–Kier alpha value is -2.01. The van der Waals surface area contributed by atoms with Gasteiger partial charge >= 0.3 is 5.97 Å². The fraction of sp³-hybridized carbons (Fsp3) is 0.333. The number of piperidine rings is 1. The molecule has 0 saturated carbocycles. The van der Waals surface area contributed by atoms with Gasteiger partial charge in [0.2, 0.25) is 5.91 Å². The van der Waals surface area contributed by atoms with Gasteiger partial charge in [-0.3, -0.25) is 4.79 Å². The van der Waals surface area contributed by atoms with Crippen molar-refractivity contribution >= 4 is 35.2 Å². The lowest BCUT2D eigenvalue weighted by Crippen LogP contribution is -2.47. The summed E-state index contributed by atoms with van der Waals surface area (Å²) in [4.78, 5) is 24.0. The van der Waals surface area contributed by atoms with Gasteiger partial charge in [0, 0.05) is 23.3 Å². The highest BCUT2D eigenvalue weighted by Crippen LogP contribution is 2.29. The van der Waals surface area contributed by atoms with E-state index in [1.165, 1.54) is 6.08 Å². The Labute approximate surface area is 128 Å². The lowest BCUT2D eigenvalue weighted by molar-refractivity contribution is -0.131. The van der Waals surface area contributed by atoms with Gasteiger partial charge < -0.3 is 15.7 Å². The maximum Gasteiger partial charge on any atom is 0.328 e. The maximum atomic E-state index is 11.5. The molecule has 112 valence electrons. The number of amides is 1. The largest absolute Gasteiger partial charge is 0.478 e. The van der Waals surface area contributed by atoms with Gasteiger partial charge in [-0.2, -0.15) is 0 Å². The molecule has 1 aromatic carbocycles. The van der Waals surface area contributed by atoms with Crippen molar-refractivity contribution in [2.24, 2.45) is 5.73 Å². The Balaban J connectivity index is 2.26. The number of anilines is 1. The monoisotopic (exact) mass is 308 g/mol. The Morgan fingerprint density at radius 2 is 2.14 bits per heavy atom. The average Bonchev–Trinajstić information content (AvgIpc) is 2.45. The van der Waals surface area contributed by atoms with Crippen LogP contribution in [-0.4, -0.2) is 29.6 Å². The standard InChI is InChI=1S/C15H17ClN2O3/c16-12-9-11(6-4-10(12)5-7-14(19)20)18-8-2-1-3-13(18)15(17)21/h4-7,9,13H,1-3,8H2,(H2,17,21)(H,19,20)/b7-5+. The van der Waals surface area contributed by atoms with Crippen molar-refractivity contribution < 1.29 is 14.7 Å². The summed E-state index contributed by atoms with van der Waals surface area (Å²) in [6.07, 6.45) is 5.21. The molecule has 1 aliphatic heterocycles. The third-order valence-corrected chi connectivity index (χ3v) is 3.88. The second kappa shape index (κ2) is 6.63. The summed E-state index contributed by atoms with van der Waals surface area (Å²) in [5.41, 5.74) is 6.90. The van der Waals surface area contributed by atoms with Crippen LogP contribution in [0.5, 0.6) is 0 Å². The van der Waals surface area contributed by atoms with Crippen molar-refractivity contribution in [3.8, 4) is 0 Å². The van der Waals surface area contributed by atoms with Crippen LogP contribution < -0.4 is 10.6 Å². The van der Waals surface area contributed by atoms with Crippen molar-refractivity contribution in [2.75, 3.05) is 11.4 Å². The van der Waals surface area contributed by atoms with Gasteiger partial charge in [-0.25, -0.2) is 4.79 Å². The summed E-state index contributed by atoms with van der Waals surface area (Å²) in [6, 6.07) is 5.00. The molecule has 5 nitrogen and oxygen atoms in total. The molecule has 1 fully saturated rings. The number of nitrogens with two attached hydrogens (primary N) is 1. The SMILES string of the molecule is NC(=O)C1CCCCN1c1ccc(/C=C/C(=O)O)c(Cl)c1. The van der Waals surface area contributed by atoms with Crippen molar-refractivity contribution in [3.05, 3.63) is 34.9 Å². The second-order valence-electron chi connectivity index (χ2n) is 4.98. The Kier molecular flexibility index (Phi) is 4.85. The van der Waals surface area contributed by atoms with E-state index in [1.807, 2.05) is 11.0 Å². The maximum absolute atomic E-state index is 11.5. The molecule has 0 aromatic heterocycles. The Morgan fingerprint density at radius 1 is 1.38 bits per heavy atom. The zero-order valence-corrected chi connectivity index (χ0v) is 12.2. The summed E-state index contributed by atoms with van der Waals surface area (Å²) >= 11 is 6.17. The fourth-order valence-electron chi connectivity index (χ4n) is 2.53. The third kappa shape index (κ3) is 3.76. The number of carbonyl (C=O) groups is 2. The molecule has 0 radical (unpaired) electrons. The van der Waals surface area contributed by atoms with Crippen LogP contribution in [0.1, 0.15) is 24.8 Å². The van der Waals surface area contributed by atoms with Crippen LogP contribution in [-0.2, 0) is 9.59 Å². The molecule has 0 aliphatic carbocycles. The molecule has 1 amide bonds. The highest BCUT2D eigenvalue weighted by Gasteiger charge is 2.27. The molecule has 3 N–H and O–H groups in total. The number of carboxylic acid groups (broad SMARTS) is 1. The molecule has 0 bridgehead atoms. The quantitative estimate of drug-likeness (QED) is 0.836. The number of primary amides is 1. The van der Waals surface area contributed by atoms with Gasteiger partial charge in [0.25, 0.3) is 0 Å². The minimum Gasteiger partial charge on any atom is -0.478 e. The highest BCUT2D eigenvalue weighted by atomic mass is 35.5. The molecule has 21 heavy (non-hydrogen) atoms. The van der Waals surface area contributed by atoms with Gasteiger partial charge in [0.1, 0.15) is 6.04 Å². The van der Waals surface area contributed by atoms with Gasteiger partial charge in [-0.05, 0) is 43.0 Å². The van der Waals surface area contributed by atoms with E-state index in [4.69, 9.17) is 22.4 Å². The number of nitrogens with zero attached hydrogens (tertiary/aromatic N) is 1. The predicted molar refractivity (Wildman–Crippen MR) is 82.3 cm³/mol. The molecular formula is C15H17ClN2O3. The first kappa shape index (κ1) is 15.4. The first-order valence-electron chi connectivity index (χ1n) is 6.75. The van der Waals surface area contributed by atoms with E-state index in [1.54, 1.807) is 12.1 Å². The summed E-state index contributed by atoms with van der Waals surface area (Å²) in [5, 5.41) is 9.07. The van der Waals surface area contributed by atoms with Crippen LogP contribution in [0.25, 0.3) is 6.08 Å². The molecule has 1 unspecified atom stereocenters. The minimum absolute atomic E-state index is 0.310. The Bertz CT molecular complexity index is 586. The summed E-state index contributed by atoms with van der Waals surface area (Å²) in [6.45, 7) is 0.758. The minimum atomic E-state index is -1.03. The van der Waals surface area contributed by atoms with E-state index in [9.17, 15) is 9.59 Å². The molecular weight excluding hydrogens is 292 g/mol. The van der Waals surface area contributed by atoms with Crippen LogP contribution >= 0.6 is 11.6 Å². The van der Waals surface area contributed by atoms with Crippen molar-refractivity contribution in [2.45, 2.75) is 25.3 Å². The van der Waals surface area contributed by atoms with E-state index in [-0.39, 0.29) is 11.9 Å². The van der Waals surface area contributed by atoms with Crippen molar-refractivity contribution in [3.63, 3.8) is 0 Å². The number of carbonyl (C=O) groups excluding carboxylic acids is 1. The van der Waals surface area contributed by atoms with Crippen LogP contribution in [0, 0.1) is 0 Å². The Morgan fingerprint density at radius 3 is 2.76 bits per heavy atom. The number of halogens is 1. The van der Waals surface area contributed by atoms with Crippen molar-refractivity contribution in [1.29, 1.82) is 0 Å². The van der Waals surface area contributed by atoms with Gasteiger partial charge in [-0.15, -0.1) is 0 Å². The average molecular weight is 309 g/mol. The molecule has 6 heteroatoms. The zero-order valence-electron chi connectivity index (χ0n) is 11.5. The first-order valence-corrected chi connectivity index (χ1v) is 7.13. The molecule has 0 spiro atoms. The normalized spacial score (nSPS) is 18.9. The molecule has 1 aromatic rings. The third-order valence-electron chi connectivity index (χ3n) is 3.55.